The zero-order valence-electron chi connectivity index (χ0n) is 16.5. The highest BCUT2D eigenvalue weighted by atomic mass is 32.2. The van der Waals surface area contributed by atoms with Crippen LogP contribution in [-0.2, 0) is 6.54 Å². The van der Waals surface area contributed by atoms with Gasteiger partial charge in [0.05, 0.1) is 7.11 Å². The molecule has 2 aromatic rings. The molecular formula is C21H26FN3O2S. The van der Waals surface area contributed by atoms with Crippen LogP contribution in [-0.4, -0.2) is 49.7 Å². The maximum Gasteiger partial charge on any atom is 0.321 e. The number of methoxy groups -OCH3 is 1. The first kappa shape index (κ1) is 20.3. The second-order valence-electron chi connectivity index (χ2n) is 6.86. The Hall–Kier alpha value is -2.41. The van der Waals surface area contributed by atoms with Crippen LogP contribution >= 0.6 is 11.8 Å². The lowest BCUT2D eigenvalue weighted by Crippen LogP contribution is -2.33. The van der Waals surface area contributed by atoms with Gasteiger partial charge in [0.25, 0.3) is 0 Å². The molecule has 0 aliphatic carbocycles. The Bertz CT molecular complexity index is 840. The van der Waals surface area contributed by atoms with E-state index in [0.29, 0.717) is 12.1 Å². The fourth-order valence-electron chi connectivity index (χ4n) is 3.27. The number of carbonyl (C=O) groups is 1. The van der Waals surface area contributed by atoms with Crippen LogP contribution in [0.2, 0.25) is 0 Å². The molecule has 3 rings (SSSR count). The summed E-state index contributed by atoms with van der Waals surface area (Å²) in [5.74, 6) is 2.05. The van der Waals surface area contributed by atoms with Crippen LogP contribution in [0, 0.1) is 12.7 Å². The number of carbonyl (C=O) groups excluding carboxylic acids is 1. The van der Waals surface area contributed by atoms with E-state index in [0.717, 1.165) is 35.8 Å². The fraction of sp³-hybridized carbons (Fsp3) is 0.381. The van der Waals surface area contributed by atoms with E-state index in [4.69, 9.17) is 4.74 Å². The van der Waals surface area contributed by atoms with Gasteiger partial charge in [0, 0.05) is 49.6 Å². The minimum Gasteiger partial charge on any atom is -0.494 e. The highest BCUT2D eigenvalue weighted by molar-refractivity contribution is 7.99. The Morgan fingerprint density at radius 1 is 1.25 bits per heavy atom. The summed E-state index contributed by atoms with van der Waals surface area (Å²) in [5, 5.41) is 2.92. The van der Waals surface area contributed by atoms with Crippen LogP contribution in [0.5, 0.6) is 5.75 Å². The normalized spacial score (nSPS) is 13.9. The largest absolute Gasteiger partial charge is 0.494 e. The topological polar surface area (TPSA) is 44.8 Å². The minimum absolute atomic E-state index is 0.193. The summed E-state index contributed by atoms with van der Waals surface area (Å²) < 4.78 is 18.8. The number of hydrogen-bond acceptors (Lipinski definition) is 4. The van der Waals surface area contributed by atoms with Crippen LogP contribution in [0.15, 0.2) is 36.4 Å². The Morgan fingerprint density at radius 2 is 2.00 bits per heavy atom. The average Bonchev–Trinajstić information content (AvgIpc) is 2.69. The second-order valence-corrected chi connectivity index (χ2v) is 8.08. The van der Waals surface area contributed by atoms with Crippen LogP contribution in [0.1, 0.15) is 11.1 Å². The van der Waals surface area contributed by atoms with Crippen molar-refractivity contribution in [1.29, 1.82) is 0 Å². The van der Waals surface area contributed by atoms with Crippen LogP contribution in [0.3, 0.4) is 0 Å². The van der Waals surface area contributed by atoms with E-state index in [2.05, 4.69) is 23.2 Å². The highest BCUT2D eigenvalue weighted by Gasteiger charge is 2.15. The third-order valence-electron chi connectivity index (χ3n) is 4.78. The molecule has 0 radical (unpaired) electrons. The van der Waals surface area contributed by atoms with Crippen molar-refractivity contribution in [3.63, 3.8) is 0 Å². The first-order valence-electron chi connectivity index (χ1n) is 9.26. The van der Waals surface area contributed by atoms with Crippen LogP contribution in [0.25, 0.3) is 0 Å². The molecule has 0 bridgehead atoms. The summed E-state index contributed by atoms with van der Waals surface area (Å²) in [6.45, 7) is 4.47. The monoisotopic (exact) mass is 403 g/mol. The summed E-state index contributed by atoms with van der Waals surface area (Å²) >= 11 is 1.98. The summed E-state index contributed by atoms with van der Waals surface area (Å²) in [7, 11) is 3.11. The summed E-state index contributed by atoms with van der Waals surface area (Å²) in [5.41, 5.74) is 3.82. The number of amides is 2. The van der Waals surface area contributed by atoms with E-state index in [-0.39, 0.29) is 11.8 Å². The molecule has 1 aliphatic rings. The van der Waals surface area contributed by atoms with Gasteiger partial charge in [-0.05, 0) is 48.4 Å². The molecule has 150 valence electrons. The number of anilines is 2. The van der Waals surface area contributed by atoms with E-state index in [9.17, 15) is 9.18 Å². The Kier molecular flexibility index (Phi) is 6.67. The van der Waals surface area contributed by atoms with E-state index < -0.39 is 5.82 Å². The van der Waals surface area contributed by atoms with Crippen molar-refractivity contribution in [1.82, 2.24) is 4.90 Å². The molecule has 1 heterocycles. The molecule has 0 atom stereocenters. The molecule has 2 amide bonds. The molecule has 1 fully saturated rings. The van der Waals surface area contributed by atoms with E-state index in [1.807, 2.05) is 23.9 Å². The number of ether oxygens (including phenoxy) is 1. The molecule has 28 heavy (non-hydrogen) atoms. The van der Waals surface area contributed by atoms with Gasteiger partial charge in [-0.2, -0.15) is 11.8 Å². The molecule has 1 saturated heterocycles. The van der Waals surface area contributed by atoms with Crippen LogP contribution < -0.4 is 15.0 Å². The van der Waals surface area contributed by atoms with Gasteiger partial charge < -0.3 is 19.9 Å². The highest BCUT2D eigenvalue weighted by Crippen LogP contribution is 2.26. The van der Waals surface area contributed by atoms with Gasteiger partial charge in [0.1, 0.15) is 0 Å². The van der Waals surface area contributed by atoms with Gasteiger partial charge in [-0.3, -0.25) is 0 Å². The quantitative estimate of drug-likeness (QED) is 0.806. The maximum atomic E-state index is 13.8. The van der Waals surface area contributed by atoms with Gasteiger partial charge in [0.15, 0.2) is 11.6 Å². The van der Waals surface area contributed by atoms with Crippen molar-refractivity contribution >= 4 is 29.2 Å². The third kappa shape index (κ3) is 4.90. The lowest BCUT2D eigenvalue weighted by Gasteiger charge is -2.30. The number of nitrogens with zero attached hydrogens (tertiary/aromatic N) is 2. The van der Waals surface area contributed by atoms with Crippen molar-refractivity contribution in [2.75, 3.05) is 49.0 Å². The summed E-state index contributed by atoms with van der Waals surface area (Å²) in [4.78, 5) is 16.4. The van der Waals surface area contributed by atoms with Crippen LogP contribution in [0.4, 0.5) is 20.6 Å². The molecule has 5 nitrogen and oxygen atoms in total. The summed E-state index contributed by atoms with van der Waals surface area (Å²) in [6.07, 6.45) is 0. The molecule has 7 heteroatoms. The van der Waals surface area contributed by atoms with Crippen molar-refractivity contribution in [2.24, 2.45) is 0 Å². The first-order valence-corrected chi connectivity index (χ1v) is 10.4. The molecule has 0 aromatic heterocycles. The predicted molar refractivity (Wildman–Crippen MR) is 114 cm³/mol. The lowest BCUT2D eigenvalue weighted by atomic mass is 10.1. The number of thioether (sulfide) groups is 1. The molecule has 0 unspecified atom stereocenters. The number of halogens is 1. The van der Waals surface area contributed by atoms with E-state index in [1.54, 1.807) is 19.2 Å². The lowest BCUT2D eigenvalue weighted by molar-refractivity contribution is 0.220. The number of urea groups is 1. The first-order chi connectivity index (χ1) is 13.5. The molecule has 1 aliphatic heterocycles. The van der Waals surface area contributed by atoms with E-state index >= 15 is 0 Å². The zero-order valence-corrected chi connectivity index (χ0v) is 17.3. The number of benzene rings is 2. The van der Waals surface area contributed by atoms with E-state index in [1.165, 1.54) is 23.8 Å². The number of nitrogens with one attached hydrogen (secondary N) is 1. The molecule has 2 aromatic carbocycles. The van der Waals surface area contributed by atoms with Crippen molar-refractivity contribution < 1.29 is 13.9 Å². The molecule has 0 spiro atoms. The zero-order chi connectivity index (χ0) is 20.1. The maximum absolute atomic E-state index is 13.8. The second kappa shape index (κ2) is 9.19. The van der Waals surface area contributed by atoms with Crippen molar-refractivity contribution in [3.05, 3.63) is 53.3 Å². The molecular weight excluding hydrogens is 377 g/mol. The number of hydrogen-bond donors (Lipinski definition) is 1. The average molecular weight is 404 g/mol. The third-order valence-corrected chi connectivity index (χ3v) is 5.72. The fourth-order valence-corrected chi connectivity index (χ4v) is 4.17. The van der Waals surface area contributed by atoms with Gasteiger partial charge >= 0.3 is 6.03 Å². The Labute approximate surface area is 169 Å². The smallest absolute Gasteiger partial charge is 0.321 e. The van der Waals surface area contributed by atoms with Gasteiger partial charge in [-0.1, -0.05) is 6.07 Å². The van der Waals surface area contributed by atoms with Gasteiger partial charge in [-0.25, -0.2) is 9.18 Å². The number of aryl methyl sites for hydroxylation is 1. The van der Waals surface area contributed by atoms with Gasteiger partial charge in [0.2, 0.25) is 0 Å². The Morgan fingerprint density at radius 3 is 2.64 bits per heavy atom. The van der Waals surface area contributed by atoms with Crippen molar-refractivity contribution in [2.45, 2.75) is 13.5 Å². The predicted octanol–water partition coefficient (Wildman–Crippen LogP) is 4.36. The Balaban J connectivity index is 1.62. The minimum atomic E-state index is -0.434. The number of rotatable bonds is 5. The summed E-state index contributed by atoms with van der Waals surface area (Å²) in [6, 6.07) is 10.5. The standard InChI is InChI=1S/C21H26FN3O2S/c1-15-12-17(5-6-19(15)25-8-10-28-11-9-25)23-21(26)24(2)14-16-4-7-20(27-3)18(22)13-16/h4-7,12-13H,8-11,14H2,1-3H3,(H,23,26). The SMILES string of the molecule is COc1ccc(CN(C)C(=O)Nc2ccc(N3CCSCC3)c(C)c2)cc1F. The van der Waals surface area contributed by atoms with Gasteiger partial charge in [-0.15, -0.1) is 0 Å². The van der Waals surface area contributed by atoms with Crippen molar-refractivity contribution in [3.8, 4) is 5.75 Å². The molecule has 1 N–H and O–H groups in total. The molecule has 0 saturated carbocycles.